The van der Waals surface area contributed by atoms with Crippen molar-refractivity contribution in [2.24, 2.45) is 0 Å². The molecule has 0 fully saturated rings. The number of anilines is 2. The summed E-state index contributed by atoms with van der Waals surface area (Å²) in [5, 5.41) is 19.0. The van der Waals surface area contributed by atoms with Gasteiger partial charge in [0.1, 0.15) is 10.9 Å². The molecule has 48 heavy (non-hydrogen) atoms. The molecule has 240 valence electrons. The maximum absolute atomic E-state index is 13.7. The summed E-state index contributed by atoms with van der Waals surface area (Å²) in [7, 11) is 0. The van der Waals surface area contributed by atoms with E-state index in [0.29, 0.717) is 27.4 Å². The minimum atomic E-state index is -0.686. The molecule has 5 aromatic rings. The number of nitrogens with one attached hydrogen (secondary N) is 3. The van der Waals surface area contributed by atoms with Gasteiger partial charge in [0.05, 0.1) is 4.92 Å². The van der Waals surface area contributed by atoms with E-state index in [1.165, 1.54) is 30.0 Å². The molecule has 1 atom stereocenters. The van der Waals surface area contributed by atoms with E-state index in [9.17, 15) is 24.5 Å². The minimum absolute atomic E-state index is 0.0603. The number of thioether (sulfide) groups is 1. The Balaban J connectivity index is 1.37. The van der Waals surface area contributed by atoms with Crippen molar-refractivity contribution in [3.63, 3.8) is 0 Å². The van der Waals surface area contributed by atoms with Crippen molar-refractivity contribution in [2.75, 3.05) is 10.6 Å². The first-order chi connectivity index (χ1) is 23.2. The number of hydrogen-bond acceptors (Lipinski definition) is 6. The molecule has 0 radical (unpaired) electrons. The summed E-state index contributed by atoms with van der Waals surface area (Å²) in [6.45, 7) is 3.66. The van der Waals surface area contributed by atoms with E-state index in [1.54, 1.807) is 61.5 Å². The molecule has 3 N–H and O–H groups in total. The number of nitro groups is 1. The van der Waals surface area contributed by atoms with Crippen LogP contribution >= 0.6 is 11.8 Å². The quantitative estimate of drug-likeness (QED) is 0.0570. The van der Waals surface area contributed by atoms with Crippen molar-refractivity contribution in [1.82, 2.24) is 5.32 Å². The number of benzene rings is 5. The fraction of sp³-hybridized carbons (Fsp3) is 0.0789. The molecular formula is C38H32N4O5S. The predicted octanol–water partition coefficient (Wildman–Crippen LogP) is 8.09. The van der Waals surface area contributed by atoms with Gasteiger partial charge in [-0.1, -0.05) is 84.4 Å². The number of carbonyl (C=O) groups excluding carboxylic acids is 3. The lowest BCUT2D eigenvalue weighted by molar-refractivity contribution is -0.384. The van der Waals surface area contributed by atoms with Crippen LogP contribution in [0.3, 0.4) is 0 Å². The maximum atomic E-state index is 13.7. The van der Waals surface area contributed by atoms with Gasteiger partial charge in [-0.3, -0.25) is 24.5 Å². The van der Waals surface area contributed by atoms with Crippen LogP contribution < -0.4 is 16.0 Å². The molecule has 0 saturated heterocycles. The first-order valence-electron chi connectivity index (χ1n) is 15.0. The van der Waals surface area contributed by atoms with Gasteiger partial charge in [-0.05, 0) is 73.0 Å². The third-order valence-electron chi connectivity index (χ3n) is 7.28. The third kappa shape index (κ3) is 8.83. The van der Waals surface area contributed by atoms with E-state index in [2.05, 4.69) is 16.0 Å². The molecule has 0 heterocycles. The lowest BCUT2D eigenvalue weighted by Crippen LogP contribution is -2.30. The van der Waals surface area contributed by atoms with Gasteiger partial charge in [0, 0.05) is 34.0 Å². The van der Waals surface area contributed by atoms with E-state index in [-0.39, 0.29) is 17.3 Å². The number of amides is 3. The average Bonchev–Trinajstić information content (AvgIpc) is 3.09. The molecule has 0 bridgehead atoms. The lowest BCUT2D eigenvalue weighted by Gasteiger charge is -2.18. The molecule has 5 rings (SSSR count). The van der Waals surface area contributed by atoms with Crippen LogP contribution in [0.4, 0.5) is 17.1 Å². The smallest absolute Gasteiger partial charge is 0.272 e. The Bertz CT molecular complexity index is 1980. The number of rotatable bonds is 11. The van der Waals surface area contributed by atoms with Gasteiger partial charge in [-0.15, -0.1) is 11.8 Å². The number of carbonyl (C=O) groups is 3. The highest BCUT2D eigenvalue weighted by atomic mass is 32.2. The summed E-state index contributed by atoms with van der Waals surface area (Å²) in [5.41, 5.74) is 4.46. The molecule has 0 aliphatic rings. The van der Waals surface area contributed by atoms with Crippen LogP contribution in [-0.4, -0.2) is 22.6 Å². The Morgan fingerprint density at radius 2 is 1.46 bits per heavy atom. The fourth-order valence-corrected chi connectivity index (χ4v) is 5.84. The normalized spacial score (nSPS) is 11.7. The monoisotopic (exact) mass is 656 g/mol. The molecule has 0 aromatic heterocycles. The molecular weight excluding hydrogens is 625 g/mol. The van der Waals surface area contributed by atoms with Crippen LogP contribution in [0.1, 0.15) is 37.9 Å². The second-order valence-corrected chi connectivity index (χ2v) is 12.1. The van der Waals surface area contributed by atoms with Crippen LogP contribution in [0.15, 0.2) is 138 Å². The zero-order valence-corrected chi connectivity index (χ0v) is 27.0. The SMILES string of the molecule is Cc1ccc(/C=C(\NC(=O)c2ccccc2)C(=O)Nc2cccc(SC(C(=O)Nc3ccc([N+](=O)[O-])cc3C)c3ccccc3)c2)cc1. The number of hydrogen-bond donors (Lipinski definition) is 3. The Labute approximate surface area is 282 Å². The second kappa shape index (κ2) is 15.5. The van der Waals surface area contributed by atoms with Gasteiger partial charge in [0.15, 0.2) is 0 Å². The molecule has 0 aliphatic carbocycles. The lowest BCUT2D eigenvalue weighted by atomic mass is 10.1. The van der Waals surface area contributed by atoms with E-state index in [0.717, 1.165) is 16.7 Å². The second-order valence-electron chi connectivity index (χ2n) is 10.9. The summed E-state index contributed by atoms with van der Waals surface area (Å²) in [6.07, 6.45) is 1.62. The van der Waals surface area contributed by atoms with Gasteiger partial charge in [-0.25, -0.2) is 0 Å². The number of aryl methyl sites for hydroxylation is 2. The molecule has 10 heteroatoms. The van der Waals surface area contributed by atoms with Crippen LogP contribution in [0.25, 0.3) is 6.08 Å². The highest BCUT2D eigenvalue weighted by Gasteiger charge is 2.24. The van der Waals surface area contributed by atoms with E-state index >= 15 is 0 Å². The van der Waals surface area contributed by atoms with Crippen LogP contribution in [0.5, 0.6) is 0 Å². The minimum Gasteiger partial charge on any atom is -0.325 e. The predicted molar refractivity (Wildman–Crippen MR) is 190 cm³/mol. The van der Waals surface area contributed by atoms with Crippen molar-refractivity contribution >= 4 is 52.6 Å². The molecule has 1 unspecified atom stereocenters. The molecule has 5 aromatic carbocycles. The van der Waals surface area contributed by atoms with Gasteiger partial charge in [0.2, 0.25) is 5.91 Å². The van der Waals surface area contributed by atoms with Crippen molar-refractivity contribution < 1.29 is 19.3 Å². The summed E-state index contributed by atoms with van der Waals surface area (Å²) in [6, 6.07) is 36.8. The summed E-state index contributed by atoms with van der Waals surface area (Å²) >= 11 is 1.29. The van der Waals surface area contributed by atoms with Crippen molar-refractivity contribution in [3.8, 4) is 0 Å². The van der Waals surface area contributed by atoms with Crippen molar-refractivity contribution in [1.29, 1.82) is 0 Å². The van der Waals surface area contributed by atoms with Gasteiger partial charge < -0.3 is 16.0 Å². The zero-order chi connectivity index (χ0) is 34.0. The highest BCUT2D eigenvalue weighted by molar-refractivity contribution is 8.00. The van der Waals surface area contributed by atoms with E-state index in [4.69, 9.17) is 0 Å². The Morgan fingerprint density at radius 1 is 0.771 bits per heavy atom. The van der Waals surface area contributed by atoms with Crippen molar-refractivity contribution in [3.05, 3.63) is 171 Å². The van der Waals surface area contributed by atoms with Crippen LogP contribution in [-0.2, 0) is 9.59 Å². The summed E-state index contributed by atoms with van der Waals surface area (Å²) in [5.74, 6) is -1.26. The number of non-ortho nitro benzene ring substituents is 1. The van der Waals surface area contributed by atoms with E-state index < -0.39 is 22.0 Å². The fourth-order valence-electron chi connectivity index (χ4n) is 4.75. The topological polar surface area (TPSA) is 130 Å². The average molecular weight is 657 g/mol. The molecule has 0 saturated carbocycles. The Kier molecular flexibility index (Phi) is 10.8. The summed E-state index contributed by atoms with van der Waals surface area (Å²) in [4.78, 5) is 51.7. The van der Waals surface area contributed by atoms with E-state index in [1.807, 2.05) is 67.6 Å². The Hall–Kier alpha value is -6.00. The molecule has 9 nitrogen and oxygen atoms in total. The maximum Gasteiger partial charge on any atom is 0.272 e. The standard InChI is InChI=1S/C38H32N4O5S/c1-25-16-18-27(19-17-25)23-34(41-36(43)29-12-7-4-8-13-29)37(44)39-30-14-9-15-32(24-30)48-35(28-10-5-3-6-11-28)38(45)40-33-21-20-31(42(46)47)22-26(33)2/h3-24,35H,1-2H3,(H,39,44)(H,40,45)(H,41,43)/b34-23-. The van der Waals surface area contributed by atoms with Gasteiger partial charge in [-0.2, -0.15) is 0 Å². The molecule has 3 amide bonds. The van der Waals surface area contributed by atoms with Crippen LogP contribution in [0, 0.1) is 24.0 Å². The third-order valence-corrected chi connectivity index (χ3v) is 8.53. The molecule has 0 aliphatic heterocycles. The Morgan fingerprint density at radius 3 is 2.12 bits per heavy atom. The zero-order valence-electron chi connectivity index (χ0n) is 26.2. The number of nitro benzene ring substituents is 1. The highest BCUT2D eigenvalue weighted by Crippen LogP contribution is 2.37. The summed E-state index contributed by atoms with van der Waals surface area (Å²) < 4.78 is 0. The van der Waals surface area contributed by atoms with Crippen molar-refractivity contribution in [2.45, 2.75) is 24.0 Å². The largest absolute Gasteiger partial charge is 0.325 e. The van der Waals surface area contributed by atoms with Gasteiger partial charge >= 0.3 is 0 Å². The first kappa shape index (κ1) is 33.4. The van der Waals surface area contributed by atoms with Gasteiger partial charge in [0.25, 0.3) is 17.5 Å². The first-order valence-corrected chi connectivity index (χ1v) is 15.9. The number of nitrogens with zero attached hydrogens (tertiary/aromatic N) is 1. The van der Waals surface area contributed by atoms with Crippen LogP contribution in [0.2, 0.25) is 0 Å². The molecule has 0 spiro atoms.